The zero-order valence-corrected chi connectivity index (χ0v) is 17.4. The van der Waals surface area contributed by atoms with Crippen LogP contribution in [-0.4, -0.2) is 42.6 Å². The van der Waals surface area contributed by atoms with Gasteiger partial charge in [0.15, 0.2) is 0 Å². The molecule has 4 rings (SSSR count). The van der Waals surface area contributed by atoms with E-state index in [1.165, 1.54) is 7.11 Å². The van der Waals surface area contributed by atoms with Crippen LogP contribution < -0.4 is 10.1 Å². The molecule has 6 nitrogen and oxygen atoms in total. The Hall–Kier alpha value is -2.45. The predicted molar refractivity (Wildman–Crippen MR) is 101 cm³/mol. The fourth-order valence-electron chi connectivity index (χ4n) is 4.07. The first-order chi connectivity index (χ1) is 13.8. The number of hydrogen-bond donors (Lipinski definition) is 1. The lowest BCUT2D eigenvalue weighted by molar-refractivity contribution is -0.373. The molecule has 3 saturated carbocycles. The molecule has 1 N–H and O–H groups in total. The number of amides is 1. The first kappa shape index (κ1) is 22.2. The molecule has 30 heavy (non-hydrogen) atoms. The highest BCUT2D eigenvalue weighted by Crippen LogP contribution is 2.74. The Kier molecular flexibility index (Phi) is 5.45. The van der Waals surface area contributed by atoms with Crippen molar-refractivity contribution in [2.45, 2.75) is 69.9 Å². The predicted octanol–water partition coefficient (Wildman–Crippen LogP) is 4.16. The minimum atomic E-state index is -4.17. The Balaban J connectivity index is 1.57. The third-order valence-corrected chi connectivity index (χ3v) is 5.46. The van der Waals surface area contributed by atoms with Gasteiger partial charge in [0.2, 0.25) is 0 Å². The molecule has 0 saturated heterocycles. The monoisotopic (exact) mass is 429 g/mol. The van der Waals surface area contributed by atoms with Crippen LogP contribution in [0.3, 0.4) is 0 Å². The van der Waals surface area contributed by atoms with Crippen LogP contribution in [0.5, 0.6) is 5.75 Å². The second-order valence-corrected chi connectivity index (χ2v) is 9.16. The van der Waals surface area contributed by atoms with Crippen LogP contribution in [0.15, 0.2) is 24.3 Å². The number of methoxy groups -OCH3 is 1. The highest BCUT2D eigenvalue weighted by Gasteiger charge is 2.80. The lowest BCUT2D eigenvalue weighted by Crippen LogP contribution is -2.74. The van der Waals surface area contributed by atoms with Gasteiger partial charge in [-0.05, 0) is 38.5 Å². The zero-order valence-electron chi connectivity index (χ0n) is 17.4. The summed E-state index contributed by atoms with van der Waals surface area (Å²) in [5, 5.41) is 2.50. The van der Waals surface area contributed by atoms with Gasteiger partial charge in [-0.25, -0.2) is 9.59 Å². The van der Waals surface area contributed by atoms with Crippen LogP contribution >= 0.6 is 0 Å². The molecular formula is C21H26F3NO5. The van der Waals surface area contributed by atoms with Crippen molar-refractivity contribution < 1.29 is 37.0 Å². The molecule has 3 aliphatic carbocycles. The van der Waals surface area contributed by atoms with Gasteiger partial charge < -0.3 is 19.5 Å². The summed E-state index contributed by atoms with van der Waals surface area (Å²) in [6.07, 6.45) is -4.76. The highest BCUT2D eigenvalue weighted by molar-refractivity contribution is 5.81. The minimum Gasteiger partial charge on any atom is -0.487 e. The normalized spacial score (nSPS) is 26.0. The molecule has 2 bridgehead atoms. The molecule has 166 valence electrons. The fraction of sp³-hybridized carbons (Fsp3) is 0.619. The number of nitrogens with one attached hydrogen (secondary N) is 1. The maximum Gasteiger partial charge on any atom is 0.408 e. The van der Waals surface area contributed by atoms with Gasteiger partial charge in [-0.2, -0.15) is 13.2 Å². The van der Waals surface area contributed by atoms with Crippen LogP contribution in [0.4, 0.5) is 18.0 Å². The second-order valence-electron chi connectivity index (χ2n) is 9.16. The fourth-order valence-corrected chi connectivity index (χ4v) is 4.07. The van der Waals surface area contributed by atoms with Crippen LogP contribution in [-0.2, 0) is 20.7 Å². The number of benzene rings is 1. The molecule has 3 aliphatic rings. The number of rotatable bonds is 6. The van der Waals surface area contributed by atoms with Crippen LogP contribution in [0, 0.1) is 5.41 Å². The Morgan fingerprint density at radius 3 is 2.13 bits per heavy atom. The summed E-state index contributed by atoms with van der Waals surface area (Å²) in [5.41, 5.74) is -2.27. The Morgan fingerprint density at radius 2 is 1.67 bits per heavy atom. The van der Waals surface area contributed by atoms with Crippen molar-refractivity contribution in [3.05, 3.63) is 29.8 Å². The molecule has 0 unspecified atom stereocenters. The van der Waals surface area contributed by atoms with E-state index in [-0.39, 0.29) is 25.7 Å². The molecule has 0 aromatic heterocycles. The molecule has 1 aromatic carbocycles. The molecule has 9 heteroatoms. The van der Waals surface area contributed by atoms with E-state index in [0.717, 1.165) is 5.56 Å². The lowest BCUT2D eigenvalue weighted by Gasteiger charge is -2.69. The highest BCUT2D eigenvalue weighted by atomic mass is 19.4. The summed E-state index contributed by atoms with van der Waals surface area (Å²) in [6.45, 7) is 5.13. The third-order valence-electron chi connectivity index (χ3n) is 5.46. The molecule has 0 spiro atoms. The number of carbonyl (C=O) groups excluding carboxylic acids is 2. The van der Waals surface area contributed by atoms with E-state index in [4.69, 9.17) is 14.2 Å². The number of esters is 1. The molecule has 0 heterocycles. The molecular weight excluding hydrogens is 403 g/mol. The third kappa shape index (κ3) is 4.49. The van der Waals surface area contributed by atoms with Gasteiger partial charge in [0.05, 0.1) is 12.5 Å². The molecule has 1 atom stereocenters. The number of hydrogen-bond acceptors (Lipinski definition) is 5. The van der Waals surface area contributed by atoms with E-state index in [2.05, 4.69) is 5.32 Å². The van der Waals surface area contributed by atoms with Crippen molar-refractivity contribution in [1.82, 2.24) is 5.32 Å². The van der Waals surface area contributed by atoms with Gasteiger partial charge in [0.1, 0.15) is 23.0 Å². The van der Waals surface area contributed by atoms with Gasteiger partial charge in [0, 0.05) is 25.7 Å². The van der Waals surface area contributed by atoms with Gasteiger partial charge in [-0.3, -0.25) is 0 Å². The van der Waals surface area contributed by atoms with Crippen molar-refractivity contribution in [2.24, 2.45) is 5.41 Å². The summed E-state index contributed by atoms with van der Waals surface area (Å²) < 4.78 is 54.6. The molecule has 3 fully saturated rings. The average molecular weight is 429 g/mol. The standard InChI is InChI=1S/C21H26F3NO5/c1-18(2,3)30-17(27)25-15(16(26)28-4)9-13-5-7-14(8-6-13)29-20-10-19(11-20,12-20)21(22,23)24/h5-8,15H,9-12H2,1-4H3,(H,25,27)/t15-,19?,20?/m0/s1. The van der Waals surface area contributed by atoms with E-state index in [9.17, 15) is 22.8 Å². The van der Waals surface area contributed by atoms with Crippen molar-refractivity contribution in [1.29, 1.82) is 0 Å². The van der Waals surface area contributed by atoms with Crippen molar-refractivity contribution in [2.75, 3.05) is 7.11 Å². The first-order valence-corrected chi connectivity index (χ1v) is 9.69. The smallest absolute Gasteiger partial charge is 0.408 e. The van der Waals surface area contributed by atoms with Gasteiger partial charge >= 0.3 is 18.2 Å². The summed E-state index contributed by atoms with van der Waals surface area (Å²) in [6, 6.07) is 5.76. The Morgan fingerprint density at radius 1 is 1.10 bits per heavy atom. The van der Waals surface area contributed by atoms with E-state index >= 15 is 0 Å². The van der Waals surface area contributed by atoms with Crippen molar-refractivity contribution in [3.63, 3.8) is 0 Å². The number of carbonyl (C=O) groups is 2. The summed E-state index contributed by atoms with van der Waals surface area (Å²) in [7, 11) is 1.22. The van der Waals surface area contributed by atoms with Crippen molar-refractivity contribution >= 4 is 12.1 Å². The SMILES string of the molecule is COC(=O)[C@H](Cc1ccc(OC23CC(C(F)(F)F)(C2)C3)cc1)NC(=O)OC(C)(C)C. The first-order valence-electron chi connectivity index (χ1n) is 9.69. The lowest BCUT2D eigenvalue weighted by atomic mass is 9.40. The largest absolute Gasteiger partial charge is 0.487 e. The van der Waals surface area contributed by atoms with E-state index in [1.807, 2.05) is 0 Å². The summed E-state index contributed by atoms with van der Waals surface area (Å²) in [5.74, 6) is -0.142. The maximum atomic E-state index is 12.9. The van der Waals surface area contributed by atoms with E-state index < -0.39 is 40.9 Å². The summed E-state index contributed by atoms with van der Waals surface area (Å²) in [4.78, 5) is 24.0. The number of alkyl halides is 3. The second kappa shape index (κ2) is 7.35. The zero-order chi connectivity index (χ0) is 22.4. The quantitative estimate of drug-likeness (QED) is 0.688. The number of alkyl carbamates (subject to hydrolysis) is 1. The van der Waals surface area contributed by atoms with Gasteiger partial charge in [-0.15, -0.1) is 0 Å². The average Bonchev–Trinajstić information content (AvgIpc) is 2.54. The van der Waals surface area contributed by atoms with Gasteiger partial charge in [0.25, 0.3) is 0 Å². The van der Waals surface area contributed by atoms with E-state index in [1.54, 1.807) is 45.0 Å². The Bertz CT molecular complexity index is 794. The number of halogens is 3. The molecule has 0 aliphatic heterocycles. The van der Waals surface area contributed by atoms with E-state index in [0.29, 0.717) is 5.75 Å². The molecule has 1 aromatic rings. The topological polar surface area (TPSA) is 73.9 Å². The van der Waals surface area contributed by atoms with Crippen molar-refractivity contribution in [3.8, 4) is 5.75 Å². The minimum absolute atomic E-state index is 0.00449. The van der Waals surface area contributed by atoms with Crippen LogP contribution in [0.1, 0.15) is 45.6 Å². The van der Waals surface area contributed by atoms with Crippen LogP contribution in [0.25, 0.3) is 0 Å². The molecule has 1 amide bonds. The Labute approximate surface area is 173 Å². The molecule has 0 radical (unpaired) electrons. The van der Waals surface area contributed by atoms with Crippen LogP contribution in [0.2, 0.25) is 0 Å². The maximum absolute atomic E-state index is 12.9. The number of ether oxygens (including phenoxy) is 3. The summed E-state index contributed by atoms with van der Waals surface area (Å²) >= 11 is 0. The van der Waals surface area contributed by atoms with Gasteiger partial charge in [-0.1, -0.05) is 12.1 Å².